The molecule has 1 heterocycles. The van der Waals surface area contributed by atoms with Gasteiger partial charge in [0.15, 0.2) is 0 Å². The molecule has 0 fully saturated rings. The molecule has 0 spiro atoms. The van der Waals surface area contributed by atoms with Crippen LogP contribution in [-0.2, 0) is 4.79 Å². The van der Waals surface area contributed by atoms with Gasteiger partial charge in [0, 0.05) is 11.4 Å². The number of carbonyl (C=O) groups excluding carboxylic acids is 1. The minimum Gasteiger partial charge on any atom is -0.388 e. The van der Waals surface area contributed by atoms with Gasteiger partial charge in [-0.1, -0.05) is 19.9 Å². The topological polar surface area (TPSA) is 49.3 Å². The second-order valence-corrected chi connectivity index (χ2v) is 5.37. The predicted molar refractivity (Wildman–Crippen MR) is 71.3 cm³/mol. The molecule has 0 aliphatic carbocycles. The van der Waals surface area contributed by atoms with E-state index in [1.165, 1.54) is 0 Å². The van der Waals surface area contributed by atoms with Crippen LogP contribution >= 0.6 is 11.3 Å². The SMILES string of the molecule is CCC(O)(CC)CNC(=O)C(C)c1cccs1. The normalized spacial score (nSPS) is 13.4. The Hall–Kier alpha value is -0.870. The number of thiophene rings is 1. The van der Waals surface area contributed by atoms with Crippen molar-refractivity contribution in [3.63, 3.8) is 0 Å². The van der Waals surface area contributed by atoms with E-state index in [0.29, 0.717) is 19.4 Å². The van der Waals surface area contributed by atoms with Crippen LogP contribution in [0.1, 0.15) is 44.4 Å². The van der Waals surface area contributed by atoms with Gasteiger partial charge in [0.05, 0.1) is 11.5 Å². The molecule has 4 heteroatoms. The van der Waals surface area contributed by atoms with E-state index in [2.05, 4.69) is 5.32 Å². The van der Waals surface area contributed by atoms with Gasteiger partial charge in [-0.25, -0.2) is 0 Å². The van der Waals surface area contributed by atoms with E-state index in [1.54, 1.807) is 11.3 Å². The van der Waals surface area contributed by atoms with E-state index in [-0.39, 0.29) is 11.8 Å². The highest BCUT2D eigenvalue weighted by Gasteiger charge is 2.24. The zero-order chi connectivity index (χ0) is 12.9. The maximum absolute atomic E-state index is 11.9. The third-order valence-electron chi connectivity index (χ3n) is 3.27. The van der Waals surface area contributed by atoms with Crippen molar-refractivity contribution in [3.05, 3.63) is 22.4 Å². The molecule has 0 saturated heterocycles. The lowest BCUT2D eigenvalue weighted by Gasteiger charge is -2.26. The van der Waals surface area contributed by atoms with Crippen LogP contribution in [-0.4, -0.2) is 23.2 Å². The molecular formula is C13H21NO2S. The maximum atomic E-state index is 11.9. The minimum atomic E-state index is -0.773. The Bertz CT molecular complexity index is 344. The second kappa shape index (κ2) is 6.17. The average molecular weight is 255 g/mol. The van der Waals surface area contributed by atoms with Gasteiger partial charge in [0.25, 0.3) is 0 Å². The molecule has 1 amide bonds. The Morgan fingerprint density at radius 1 is 1.53 bits per heavy atom. The third kappa shape index (κ3) is 3.82. The molecular weight excluding hydrogens is 234 g/mol. The Labute approximate surface area is 107 Å². The molecule has 0 aromatic carbocycles. The zero-order valence-electron chi connectivity index (χ0n) is 10.7. The summed E-state index contributed by atoms with van der Waals surface area (Å²) in [5.74, 6) is -0.166. The van der Waals surface area contributed by atoms with Crippen molar-refractivity contribution in [2.45, 2.75) is 45.1 Å². The summed E-state index contributed by atoms with van der Waals surface area (Å²) >= 11 is 1.58. The molecule has 3 nitrogen and oxygen atoms in total. The van der Waals surface area contributed by atoms with Gasteiger partial charge in [-0.3, -0.25) is 4.79 Å². The van der Waals surface area contributed by atoms with Crippen molar-refractivity contribution in [1.29, 1.82) is 0 Å². The number of nitrogens with one attached hydrogen (secondary N) is 1. The van der Waals surface area contributed by atoms with Crippen molar-refractivity contribution in [2.24, 2.45) is 0 Å². The number of amides is 1. The largest absolute Gasteiger partial charge is 0.388 e. The Kier molecular flexibility index (Phi) is 5.15. The molecule has 0 saturated carbocycles. The Morgan fingerprint density at radius 2 is 2.18 bits per heavy atom. The van der Waals surface area contributed by atoms with Crippen LogP contribution in [0.5, 0.6) is 0 Å². The molecule has 17 heavy (non-hydrogen) atoms. The molecule has 1 aromatic rings. The lowest BCUT2D eigenvalue weighted by molar-refractivity contribution is -0.123. The summed E-state index contributed by atoms with van der Waals surface area (Å²) in [6.45, 7) is 6.07. The van der Waals surface area contributed by atoms with E-state index in [9.17, 15) is 9.90 Å². The van der Waals surface area contributed by atoms with Crippen molar-refractivity contribution < 1.29 is 9.90 Å². The quantitative estimate of drug-likeness (QED) is 0.820. The number of hydrogen-bond acceptors (Lipinski definition) is 3. The fourth-order valence-corrected chi connectivity index (χ4v) is 2.35. The molecule has 0 aliphatic rings. The van der Waals surface area contributed by atoms with Crippen molar-refractivity contribution in [2.75, 3.05) is 6.54 Å². The highest BCUT2D eigenvalue weighted by molar-refractivity contribution is 7.10. The Morgan fingerprint density at radius 3 is 2.65 bits per heavy atom. The van der Waals surface area contributed by atoms with E-state index in [4.69, 9.17) is 0 Å². The average Bonchev–Trinajstić information content (AvgIpc) is 2.88. The molecule has 1 unspecified atom stereocenters. The predicted octanol–water partition coefficient (Wildman–Crippen LogP) is 2.52. The highest BCUT2D eigenvalue weighted by atomic mass is 32.1. The smallest absolute Gasteiger partial charge is 0.228 e. The van der Waals surface area contributed by atoms with Crippen LogP contribution in [0.4, 0.5) is 0 Å². The number of hydrogen-bond donors (Lipinski definition) is 2. The molecule has 0 bridgehead atoms. The van der Waals surface area contributed by atoms with Gasteiger partial charge in [-0.15, -0.1) is 11.3 Å². The van der Waals surface area contributed by atoms with E-state index in [0.717, 1.165) is 4.88 Å². The van der Waals surface area contributed by atoms with E-state index >= 15 is 0 Å². The van der Waals surface area contributed by atoms with Crippen LogP contribution in [0.2, 0.25) is 0 Å². The number of rotatable bonds is 6. The fourth-order valence-electron chi connectivity index (χ4n) is 1.57. The summed E-state index contributed by atoms with van der Waals surface area (Å²) in [5, 5.41) is 14.9. The maximum Gasteiger partial charge on any atom is 0.228 e. The summed E-state index contributed by atoms with van der Waals surface area (Å²) in [7, 11) is 0. The summed E-state index contributed by atoms with van der Waals surface area (Å²) in [5.41, 5.74) is -0.773. The minimum absolute atomic E-state index is 0.0206. The van der Waals surface area contributed by atoms with Crippen LogP contribution in [0, 0.1) is 0 Å². The van der Waals surface area contributed by atoms with Gasteiger partial charge >= 0.3 is 0 Å². The van der Waals surface area contributed by atoms with Crippen LogP contribution in [0.15, 0.2) is 17.5 Å². The van der Waals surface area contributed by atoms with E-state index in [1.807, 2.05) is 38.3 Å². The first-order valence-corrected chi connectivity index (χ1v) is 6.94. The molecule has 0 radical (unpaired) electrons. The fraction of sp³-hybridized carbons (Fsp3) is 0.615. The molecule has 0 aliphatic heterocycles. The lowest BCUT2D eigenvalue weighted by Crippen LogP contribution is -2.43. The summed E-state index contributed by atoms with van der Waals surface area (Å²) in [4.78, 5) is 13.0. The van der Waals surface area contributed by atoms with Crippen LogP contribution in [0.25, 0.3) is 0 Å². The van der Waals surface area contributed by atoms with Crippen molar-refractivity contribution in [3.8, 4) is 0 Å². The van der Waals surface area contributed by atoms with Gasteiger partial charge in [0.1, 0.15) is 0 Å². The van der Waals surface area contributed by atoms with E-state index < -0.39 is 5.60 Å². The molecule has 2 N–H and O–H groups in total. The first-order chi connectivity index (χ1) is 8.02. The molecule has 96 valence electrons. The van der Waals surface area contributed by atoms with Crippen molar-refractivity contribution in [1.82, 2.24) is 5.32 Å². The zero-order valence-corrected chi connectivity index (χ0v) is 11.5. The Balaban J connectivity index is 2.50. The highest BCUT2D eigenvalue weighted by Crippen LogP contribution is 2.21. The van der Waals surface area contributed by atoms with Crippen LogP contribution < -0.4 is 5.32 Å². The number of aliphatic hydroxyl groups is 1. The van der Waals surface area contributed by atoms with Gasteiger partial charge in [0.2, 0.25) is 5.91 Å². The lowest BCUT2D eigenvalue weighted by atomic mass is 9.97. The monoisotopic (exact) mass is 255 g/mol. The molecule has 1 atom stereocenters. The summed E-state index contributed by atoms with van der Waals surface area (Å²) < 4.78 is 0. The van der Waals surface area contributed by atoms with Crippen molar-refractivity contribution >= 4 is 17.2 Å². The first kappa shape index (κ1) is 14.2. The third-order valence-corrected chi connectivity index (χ3v) is 4.33. The molecule has 1 aromatic heterocycles. The van der Waals surface area contributed by atoms with Gasteiger partial charge in [-0.05, 0) is 31.2 Å². The van der Waals surface area contributed by atoms with Gasteiger partial charge < -0.3 is 10.4 Å². The van der Waals surface area contributed by atoms with Gasteiger partial charge in [-0.2, -0.15) is 0 Å². The standard InChI is InChI=1S/C13H21NO2S/c1-4-13(16,5-2)9-14-12(15)10(3)11-7-6-8-17-11/h6-8,10,16H,4-5,9H2,1-3H3,(H,14,15). The number of carbonyl (C=O) groups is 1. The summed E-state index contributed by atoms with van der Waals surface area (Å²) in [6.07, 6.45) is 1.30. The molecule has 1 rings (SSSR count). The summed E-state index contributed by atoms with van der Waals surface area (Å²) in [6, 6.07) is 3.90. The first-order valence-electron chi connectivity index (χ1n) is 6.06. The second-order valence-electron chi connectivity index (χ2n) is 4.39. The van der Waals surface area contributed by atoms with Crippen LogP contribution in [0.3, 0.4) is 0 Å².